The molecule has 1 aromatic heterocycles. The number of hydrogen-bond acceptors (Lipinski definition) is 7. The smallest absolute Gasteiger partial charge is 0.255 e. The molecule has 0 spiro atoms. The van der Waals surface area contributed by atoms with Crippen molar-refractivity contribution < 1.29 is 9.53 Å². The van der Waals surface area contributed by atoms with Crippen molar-refractivity contribution in [1.29, 1.82) is 5.26 Å². The van der Waals surface area contributed by atoms with Gasteiger partial charge in [0, 0.05) is 12.4 Å². The second-order valence-corrected chi connectivity index (χ2v) is 7.16. The zero-order valence-electron chi connectivity index (χ0n) is 12.2. The van der Waals surface area contributed by atoms with E-state index >= 15 is 0 Å². The van der Waals surface area contributed by atoms with E-state index in [1.54, 1.807) is 23.9 Å². The predicted octanol–water partition coefficient (Wildman–Crippen LogP) is 2.82. The van der Waals surface area contributed by atoms with Gasteiger partial charge in [0.15, 0.2) is 4.34 Å². The van der Waals surface area contributed by atoms with Crippen LogP contribution in [-0.2, 0) is 15.3 Å². The number of anilines is 1. The minimum absolute atomic E-state index is 0.151. The molecule has 1 fully saturated rings. The van der Waals surface area contributed by atoms with Gasteiger partial charge < -0.3 is 4.74 Å². The summed E-state index contributed by atoms with van der Waals surface area (Å²) in [4.78, 5) is 11.9. The molecule has 0 saturated carbocycles. The second-order valence-electron chi connectivity index (χ2n) is 4.96. The molecule has 3 rings (SSSR count). The molecule has 6 nitrogen and oxygen atoms in total. The van der Waals surface area contributed by atoms with Gasteiger partial charge in [-0.05, 0) is 30.5 Å². The van der Waals surface area contributed by atoms with E-state index in [0.717, 1.165) is 28.5 Å². The van der Waals surface area contributed by atoms with Gasteiger partial charge in [0.2, 0.25) is 5.13 Å². The van der Waals surface area contributed by atoms with Crippen molar-refractivity contribution in [3.8, 4) is 6.07 Å². The Hall–Kier alpha value is -1.95. The monoisotopic (exact) mass is 346 g/mol. The van der Waals surface area contributed by atoms with E-state index in [0.29, 0.717) is 17.3 Å². The SMILES string of the molecule is N#Cc1ccc(CSc2nnc(NC(=O)[C@@H]3CCCO3)s2)cc1. The van der Waals surface area contributed by atoms with Crippen LogP contribution in [0, 0.1) is 11.3 Å². The van der Waals surface area contributed by atoms with Crippen LogP contribution in [0.5, 0.6) is 0 Å². The molecule has 1 amide bonds. The second kappa shape index (κ2) is 7.55. The van der Waals surface area contributed by atoms with Gasteiger partial charge in [0.05, 0.1) is 11.6 Å². The first kappa shape index (κ1) is 15.9. The minimum Gasteiger partial charge on any atom is -0.368 e. The molecule has 1 aliphatic rings. The number of nitriles is 1. The minimum atomic E-state index is -0.367. The molecule has 1 atom stereocenters. The number of thioether (sulfide) groups is 1. The maximum absolute atomic E-state index is 11.9. The Morgan fingerprint density at radius 1 is 1.43 bits per heavy atom. The van der Waals surface area contributed by atoms with E-state index in [4.69, 9.17) is 10.00 Å². The molecule has 1 aromatic carbocycles. The number of carbonyl (C=O) groups excluding carboxylic acids is 1. The third-order valence-electron chi connectivity index (χ3n) is 3.30. The molecular weight excluding hydrogens is 332 g/mol. The van der Waals surface area contributed by atoms with Gasteiger partial charge in [-0.1, -0.05) is 35.2 Å². The Morgan fingerprint density at radius 3 is 2.96 bits per heavy atom. The molecule has 2 heterocycles. The van der Waals surface area contributed by atoms with Crippen LogP contribution in [0.3, 0.4) is 0 Å². The Morgan fingerprint density at radius 2 is 2.26 bits per heavy atom. The lowest BCUT2D eigenvalue weighted by molar-refractivity contribution is -0.124. The molecule has 0 unspecified atom stereocenters. The molecule has 0 radical (unpaired) electrons. The fourth-order valence-corrected chi connectivity index (χ4v) is 3.82. The molecule has 23 heavy (non-hydrogen) atoms. The number of nitrogens with one attached hydrogen (secondary N) is 1. The summed E-state index contributed by atoms with van der Waals surface area (Å²) in [5.41, 5.74) is 1.75. The maximum atomic E-state index is 11.9. The van der Waals surface area contributed by atoms with Crippen LogP contribution in [0.15, 0.2) is 28.6 Å². The zero-order valence-corrected chi connectivity index (χ0v) is 13.8. The summed E-state index contributed by atoms with van der Waals surface area (Å²) < 4.78 is 6.12. The highest BCUT2D eigenvalue weighted by atomic mass is 32.2. The number of aromatic nitrogens is 2. The zero-order chi connectivity index (χ0) is 16.1. The summed E-state index contributed by atoms with van der Waals surface area (Å²) in [5.74, 6) is 0.585. The highest BCUT2D eigenvalue weighted by molar-refractivity contribution is 8.00. The number of nitrogens with zero attached hydrogens (tertiary/aromatic N) is 3. The topological polar surface area (TPSA) is 87.9 Å². The Kier molecular flexibility index (Phi) is 5.23. The Balaban J connectivity index is 1.52. The molecule has 1 saturated heterocycles. The Bertz CT molecular complexity index is 718. The lowest BCUT2D eigenvalue weighted by Gasteiger charge is -2.06. The molecule has 118 valence electrons. The largest absolute Gasteiger partial charge is 0.368 e. The summed E-state index contributed by atoms with van der Waals surface area (Å²) in [5, 5.41) is 20.1. The van der Waals surface area contributed by atoms with Crippen LogP contribution in [-0.4, -0.2) is 28.8 Å². The van der Waals surface area contributed by atoms with Crippen molar-refractivity contribution in [3.05, 3.63) is 35.4 Å². The van der Waals surface area contributed by atoms with Crippen molar-refractivity contribution in [2.24, 2.45) is 0 Å². The van der Waals surface area contributed by atoms with Crippen LogP contribution in [0.1, 0.15) is 24.0 Å². The van der Waals surface area contributed by atoms with Gasteiger partial charge in [-0.3, -0.25) is 10.1 Å². The van der Waals surface area contributed by atoms with Crippen LogP contribution >= 0.6 is 23.1 Å². The van der Waals surface area contributed by atoms with Crippen molar-refractivity contribution in [1.82, 2.24) is 10.2 Å². The highest BCUT2D eigenvalue weighted by Crippen LogP contribution is 2.28. The number of benzene rings is 1. The van der Waals surface area contributed by atoms with Gasteiger partial charge in [-0.15, -0.1) is 10.2 Å². The fraction of sp³-hybridized carbons (Fsp3) is 0.333. The number of ether oxygens (including phenoxy) is 1. The predicted molar refractivity (Wildman–Crippen MR) is 88.2 cm³/mol. The van der Waals surface area contributed by atoms with Crippen molar-refractivity contribution >= 4 is 34.1 Å². The number of rotatable bonds is 5. The van der Waals surface area contributed by atoms with Crippen LogP contribution in [0.4, 0.5) is 5.13 Å². The van der Waals surface area contributed by atoms with E-state index in [9.17, 15) is 4.79 Å². The Labute approximate surface area is 141 Å². The lowest BCUT2D eigenvalue weighted by Crippen LogP contribution is -2.26. The van der Waals surface area contributed by atoms with Gasteiger partial charge in [0.25, 0.3) is 5.91 Å². The molecule has 2 aromatic rings. The van der Waals surface area contributed by atoms with E-state index in [2.05, 4.69) is 21.6 Å². The van der Waals surface area contributed by atoms with Crippen LogP contribution in [0.25, 0.3) is 0 Å². The van der Waals surface area contributed by atoms with Crippen molar-refractivity contribution in [3.63, 3.8) is 0 Å². The number of hydrogen-bond donors (Lipinski definition) is 1. The average molecular weight is 346 g/mol. The van der Waals surface area contributed by atoms with Gasteiger partial charge in [-0.25, -0.2) is 0 Å². The molecule has 8 heteroatoms. The van der Waals surface area contributed by atoms with E-state index in [1.165, 1.54) is 11.3 Å². The van der Waals surface area contributed by atoms with Crippen molar-refractivity contribution in [2.45, 2.75) is 29.0 Å². The molecule has 1 N–H and O–H groups in total. The standard InChI is InChI=1S/C15H14N4O2S2/c16-8-10-3-5-11(6-4-10)9-22-15-19-18-14(23-15)17-13(20)12-2-1-7-21-12/h3-6,12H,1-2,7,9H2,(H,17,18,20)/t12-/m0/s1. The van der Waals surface area contributed by atoms with E-state index in [1.807, 2.05) is 12.1 Å². The summed E-state index contributed by atoms with van der Waals surface area (Å²) >= 11 is 2.89. The average Bonchev–Trinajstić information content (AvgIpc) is 3.25. The summed E-state index contributed by atoms with van der Waals surface area (Å²) in [6, 6.07) is 9.53. The quantitative estimate of drug-likeness (QED) is 0.661. The normalized spacial score (nSPS) is 16.9. The molecule has 0 aliphatic carbocycles. The summed E-state index contributed by atoms with van der Waals surface area (Å²) in [6.07, 6.45) is 1.30. The third kappa shape index (κ3) is 4.28. The maximum Gasteiger partial charge on any atom is 0.255 e. The summed E-state index contributed by atoms with van der Waals surface area (Å²) in [7, 11) is 0. The van der Waals surface area contributed by atoms with Gasteiger partial charge in [0.1, 0.15) is 6.10 Å². The van der Waals surface area contributed by atoms with E-state index < -0.39 is 0 Å². The summed E-state index contributed by atoms with van der Waals surface area (Å²) in [6.45, 7) is 0.639. The van der Waals surface area contributed by atoms with Crippen LogP contribution in [0.2, 0.25) is 0 Å². The first-order valence-electron chi connectivity index (χ1n) is 7.12. The number of carbonyl (C=O) groups is 1. The first-order chi connectivity index (χ1) is 11.2. The highest BCUT2D eigenvalue weighted by Gasteiger charge is 2.24. The molecule has 1 aliphatic heterocycles. The number of amides is 1. The van der Waals surface area contributed by atoms with Gasteiger partial charge >= 0.3 is 0 Å². The molecule has 0 bridgehead atoms. The van der Waals surface area contributed by atoms with Crippen LogP contribution < -0.4 is 5.32 Å². The van der Waals surface area contributed by atoms with E-state index in [-0.39, 0.29) is 12.0 Å². The third-order valence-corrected chi connectivity index (χ3v) is 5.35. The van der Waals surface area contributed by atoms with Crippen molar-refractivity contribution in [2.75, 3.05) is 11.9 Å². The lowest BCUT2D eigenvalue weighted by atomic mass is 10.2. The molecular formula is C15H14N4O2S2. The van der Waals surface area contributed by atoms with Gasteiger partial charge in [-0.2, -0.15) is 5.26 Å². The first-order valence-corrected chi connectivity index (χ1v) is 8.92. The fourth-order valence-electron chi connectivity index (χ4n) is 2.11.